The van der Waals surface area contributed by atoms with Gasteiger partial charge in [-0.05, 0) is 31.2 Å². The summed E-state index contributed by atoms with van der Waals surface area (Å²) in [6, 6.07) is 8.61. The van der Waals surface area contributed by atoms with Crippen LogP contribution < -0.4 is 0 Å². The molecule has 1 rings (SSSR count). The van der Waals surface area contributed by atoms with Crippen LogP contribution in [0.2, 0.25) is 0 Å². The minimum atomic E-state index is 0.297. The number of aliphatic hydroxyl groups excluding tert-OH is 1. The van der Waals surface area contributed by atoms with Crippen molar-refractivity contribution in [2.45, 2.75) is 26.7 Å². The van der Waals surface area contributed by atoms with Gasteiger partial charge in [-0.2, -0.15) is 0 Å². The molecule has 1 atom stereocenters. The zero-order chi connectivity index (χ0) is 9.68. The highest BCUT2D eigenvalue weighted by Crippen LogP contribution is 2.09. The highest BCUT2D eigenvalue weighted by Gasteiger charge is 2.00. The molecule has 1 nitrogen and oxygen atoms in total. The van der Waals surface area contributed by atoms with Gasteiger partial charge in [0, 0.05) is 6.61 Å². The minimum Gasteiger partial charge on any atom is -0.396 e. The molecule has 0 spiro atoms. The smallest absolute Gasteiger partial charge is 0.0456 e. The van der Waals surface area contributed by atoms with E-state index in [1.165, 1.54) is 11.1 Å². The third-order valence-electron chi connectivity index (χ3n) is 2.36. The first-order valence-electron chi connectivity index (χ1n) is 4.88. The van der Waals surface area contributed by atoms with Crippen molar-refractivity contribution >= 4 is 0 Å². The molecule has 72 valence electrons. The number of hydrogen-bond donors (Lipinski definition) is 1. The van der Waals surface area contributed by atoms with Crippen molar-refractivity contribution in [3.05, 3.63) is 35.4 Å². The second-order valence-electron chi connectivity index (χ2n) is 3.81. The largest absolute Gasteiger partial charge is 0.396 e. The van der Waals surface area contributed by atoms with Gasteiger partial charge in [0.05, 0.1) is 0 Å². The molecule has 0 bridgehead atoms. The molecule has 0 aromatic heterocycles. The van der Waals surface area contributed by atoms with Crippen molar-refractivity contribution in [3.8, 4) is 0 Å². The molecular formula is C12H18O. The molecular weight excluding hydrogens is 160 g/mol. The summed E-state index contributed by atoms with van der Waals surface area (Å²) in [5, 5.41) is 8.86. The fourth-order valence-corrected chi connectivity index (χ4v) is 1.26. The Labute approximate surface area is 80.4 Å². The van der Waals surface area contributed by atoms with Crippen LogP contribution in [0.25, 0.3) is 0 Å². The van der Waals surface area contributed by atoms with Crippen molar-refractivity contribution in [1.29, 1.82) is 0 Å². The van der Waals surface area contributed by atoms with Gasteiger partial charge in [-0.25, -0.2) is 0 Å². The number of aryl methyl sites for hydroxylation is 2. The summed E-state index contributed by atoms with van der Waals surface area (Å²) >= 11 is 0. The fraction of sp³-hybridized carbons (Fsp3) is 0.500. The number of hydrogen-bond acceptors (Lipinski definition) is 1. The average molecular weight is 178 g/mol. The van der Waals surface area contributed by atoms with E-state index in [2.05, 4.69) is 38.1 Å². The molecule has 0 radical (unpaired) electrons. The lowest BCUT2D eigenvalue weighted by Gasteiger charge is -2.07. The third-order valence-corrected chi connectivity index (χ3v) is 2.36. The summed E-state index contributed by atoms with van der Waals surface area (Å²) in [5.74, 6) is 0.418. The highest BCUT2D eigenvalue weighted by molar-refractivity contribution is 5.21. The topological polar surface area (TPSA) is 20.2 Å². The van der Waals surface area contributed by atoms with Crippen LogP contribution in [0.15, 0.2) is 24.3 Å². The predicted octanol–water partition coefficient (Wildman–Crippen LogP) is 2.56. The van der Waals surface area contributed by atoms with Gasteiger partial charge in [-0.1, -0.05) is 36.8 Å². The Balaban J connectivity index is 2.41. The maximum Gasteiger partial charge on any atom is 0.0456 e. The Morgan fingerprint density at radius 3 is 2.38 bits per heavy atom. The molecule has 1 heteroatoms. The first-order chi connectivity index (χ1) is 6.22. The van der Waals surface area contributed by atoms with Crippen molar-refractivity contribution in [2.75, 3.05) is 6.61 Å². The van der Waals surface area contributed by atoms with Crippen LogP contribution in [-0.2, 0) is 6.42 Å². The SMILES string of the molecule is Cc1ccc(CCC(C)CO)cc1. The summed E-state index contributed by atoms with van der Waals surface area (Å²) in [6.07, 6.45) is 2.14. The maximum absolute atomic E-state index is 8.86. The predicted molar refractivity (Wildman–Crippen MR) is 55.7 cm³/mol. The zero-order valence-electron chi connectivity index (χ0n) is 8.46. The van der Waals surface area contributed by atoms with E-state index in [-0.39, 0.29) is 0 Å². The van der Waals surface area contributed by atoms with E-state index in [0.29, 0.717) is 12.5 Å². The van der Waals surface area contributed by atoms with Crippen LogP contribution in [0.4, 0.5) is 0 Å². The Bertz CT molecular complexity index is 238. The van der Waals surface area contributed by atoms with Crippen LogP contribution in [0.1, 0.15) is 24.5 Å². The Morgan fingerprint density at radius 1 is 1.23 bits per heavy atom. The van der Waals surface area contributed by atoms with Gasteiger partial charge >= 0.3 is 0 Å². The molecule has 0 heterocycles. The lowest BCUT2D eigenvalue weighted by molar-refractivity contribution is 0.230. The van der Waals surface area contributed by atoms with Crippen LogP contribution in [0.3, 0.4) is 0 Å². The van der Waals surface area contributed by atoms with Gasteiger partial charge in [-0.15, -0.1) is 0 Å². The molecule has 13 heavy (non-hydrogen) atoms. The lowest BCUT2D eigenvalue weighted by atomic mass is 10.0. The van der Waals surface area contributed by atoms with Crippen LogP contribution in [0.5, 0.6) is 0 Å². The fourth-order valence-electron chi connectivity index (χ4n) is 1.26. The number of benzene rings is 1. The quantitative estimate of drug-likeness (QED) is 0.751. The van der Waals surface area contributed by atoms with Crippen LogP contribution in [-0.4, -0.2) is 11.7 Å². The van der Waals surface area contributed by atoms with Crippen LogP contribution >= 0.6 is 0 Å². The molecule has 0 aliphatic heterocycles. The van der Waals surface area contributed by atoms with E-state index < -0.39 is 0 Å². The molecule has 0 saturated heterocycles. The summed E-state index contributed by atoms with van der Waals surface area (Å²) in [7, 11) is 0. The van der Waals surface area contributed by atoms with Gasteiger partial charge in [0.25, 0.3) is 0 Å². The van der Waals surface area contributed by atoms with Gasteiger partial charge in [0.2, 0.25) is 0 Å². The first-order valence-corrected chi connectivity index (χ1v) is 4.88. The van der Waals surface area contributed by atoms with Crippen molar-refractivity contribution in [2.24, 2.45) is 5.92 Å². The van der Waals surface area contributed by atoms with Crippen molar-refractivity contribution < 1.29 is 5.11 Å². The van der Waals surface area contributed by atoms with E-state index >= 15 is 0 Å². The molecule has 1 aromatic carbocycles. The second kappa shape index (κ2) is 5.03. The lowest BCUT2D eigenvalue weighted by Crippen LogP contribution is -2.01. The van der Waals surface area contributed by atoms with E-state index in [0.717, 1.165) is 12.8 Å². The summed E-state index contributed by atoms with van der Waals surface area (Å²) in [6.45, 7) is 4.47. The van der Waals surface area contributed by atoms with E-state index in [1.54, 1.807) is 0 Å². The Hall–Kier alpha value is -0.820. The molecule has 0 amide bonds. The Morgan fingerprint density at radius 2 is 1.85 bits per heavy atom. The molecule has 0 aliphatic carbocycles. The normalized spacial score (nSPS) is 12.8. The van der Waals surface area contributed by atoms with Crippen molar-refractivity contribution in [3.63, 3.8) is 0 Å². The van der Waals surface area contributed by atoms with Crippen LogP contribution in [0, 0.1) is 12.8 Å². The molecule has 0 saturated carbocycles. The van der Waals surface area contributed by atoms with E-state index in [4.69, 9.17) is 5.11 Å². The average Bonchev–Trinajstić information content (AvgIpc) is 2.16. The molecule has 0 aliphatic rings. The van der Waals surface area contributed by atoms with Gasteiger partial charge in [0.15, 0.2) is 0 Å². The van der Waals surface area contributed by atoms with E-state index in [9.17, 15) is 0 Å². The third kappa shape index (κ3) is 3.60. The maximum atomic E-state index is 8.86. The number of rotatable bonds is 4. The summed E-state index contributed by atoms with van der Waals surface area (Å²) in [4.78, 5) is 0. The second-order valence-corrected chi connectivity index (χ2v) is 3.81. The molecule has 1 unspecified atom stereocenters. The van der Waals surface area contributed by atoms with Gasteiger partial charge < -0.3 is 5.11 Å². The molecule has 1 aromatic rings. The standard InChI is InChI=1S/C12H18O/c1-10-3-6-12(7-4-10)8-5-11(2)9-13/h3-4,6-7,11,13H,5,8-9H2,1-2H3. The zero-order valence-corrected chi connectivity index (χ0v) is 8.46. The minimum absolute atomic E-state index is 0.297. The van der Waals surface area contributed by atoms with Gasteiger partial charge in [-0.3, -0.25) is 0 Å². The molecule has 1 N–H and O–H groups in total. The summed E-state index contributed by atoms with van der Waals surface area (Å²) in [5.41, 5.74) is 2.67. The van der Waals surface area contributed by atoms with Gasteiger partial charge in [0.1, 0.15) is 0 Å². The summed E-state index contributed by atoms with van der Waals surface area (Å²) < 4.78 is 0. The number of aliphatic hydroxyl groups is 1. The monoisotopic (exact) mass is 178 g/mol. The molecule has 0 fully saturated rings. The van der Waals surface area contributed by atoms with E-state index in [1.807, 2.05) is 0 Å². The Kier molecular flexibility index (Phi) is 3.97. The first kappa shape index (κ1) is 10.3. The highest BCUT2D eigenvalue weighted by atomic mass is 16.3. The van der Waals surface area contributed by atoms with Crippen molar-refractivity contribution in [1.82, 2.24) is 0 Å².